The molecule has 1 unspecified atom stereocenters. The van der Waals surface area contributed by atoms with E-state index in [0.29, 0.717) is 19.0 Å². The number of aliphatic hydroxyl groups is 1. The summed E-state index contributed by atoms with van der Waals surface area (Å²) in [5.41, 5.74) is 1.61. The van der Waals surface area contributed by atoms with Crippen LogP contribution in [-0.4, -0.2) is 29.9 Å². The number of fused-ring (bicyclic) bond motifs is 1. The van der Waals surface area contributed by atoms with Gasteiger partial charge < -0.3 is 15.2 Å². The van der Waals surface area contributed by atoms with E-state index in [4.69, 9.17) is 4.74 Å². The molecule has 3 rings (SSSR count). The highest BCUT2D eigenvalue weighted by atomic mass is 79.9. The molecule has 1 aliphatic carbocycles. The van der Waals surface area contributed by atoms with Crippen molar-refractivity contribution >= 4 is 15.9 Å². The summed E-state index contributed by atoms with van der Waals surface area (Å²) in [6, 6.07) is 4.80. The van der Waals surface area contributed by atoms with Gasteiger partial charge in [0.25, 0.3) is 0 Å². The number of ether oxygens (including phenoxy) is 1. The zero-order valence-corrected chi connectivity index (χ0v) is 12.8. The summed E-state index contributed by atoms with van der Waals surface area (Å²) in [5, 5.41) is 13.9. The lowest BCUT2D eigenvalue weighted by Gasteiger charge is -2.25. The molecule has 4 heteroatoms. The lowest BCUT2D eigenvalue weighted by Crippen LogP contribution is -2.40. The summed E-state index contributed by atoms with van der Waals surface area (Å²) in [5.74, 6) is 0.981. The lowest BCUT2D eigenvalue weighted by atomic mass is 9.94. The van der Waals surface area contributed by atoms with Crippen molar-refractivity contribution in [2.24, 2.45) is 0 Å². The number of halogens is 1. The van der Waals surface area contributed by atoms with E-state index >= 15 is 0 Å². The first-order valence-corrected chi connectivity index (χ1v) is 7.73. The van der Waals surface area contributed by atoms with Gasteiger partial charge in [0.2, 0.25) is 0 Å². The van der Waals surface area contributed by atoms with Gasteiger partial charge in [-0.25, -0.2) is 0 Å². The number of benzene rings is 1. The summed E-state index contributed by atoms with van der Waals surface area (Å²) in [6.07, 6.45) is 4.07. The van der Waals surface area contributed by atoms with Crippen LogP contribution < -0.4 is 10.1 Å². The van der Waals surface area contributed by atoms with Crippen LogP contribution in [0.5, 0.6) is 5.75 Å². The third kappa shape index (κ3) is 3.30. The molecule has 1 aromatic carbocycles. The quantitative estimate of drug-likeness (QED) is 0.873. The molecule has 2 aliphatic rings. The fourth-order valence-corrected chi connectivity index (χ4v) is 3.15. The Morgan fingerprint density at radius 1 is 1.47 bits per heavy atom. The van der Waals surface area contributed by atoms with Crippen molar-refractivity contribution in [3.05, 3.63) is 27.7 Å². The van der Waals surface area contributed by atoms with Crippen LogP contribution >= 0.6 is 15.9 Å². The standard InChI is InChI=1S/C15H20BrNO2/c1-15(18,9-17-13-2-3-13)8-11-7-12(16)6-10-4-5-19-14(10)11/h6-7,13,17-18H,2-5,8-9H2,1H3. The monoisotopic (exact) mass is 325 g/mol. The molecule has 1 heterocycles. The Labute approximate surface area is 122 Å². The predicted octanol–water partition coefficient (Wildman–Crippen LogP) is 2.43. The SMILES string of the molecule is CC(O)(CNC1CC1)Cc1cc(Br)cc2c1OCC2. The third-order valence-electron chi connectivity index (χ3n) is 3.75. The molecule has 1 aliphatic heterocycles. The Morgan fingerprint density at radius 2 is 2.26 bits per heavy atom. The van der Waals surface area contributed by atoms with E-state index in [1.165, 1.54) is 18.4 Å². The highest BCUT2D eigenvalue weighted by molar-refractivity contribution is 9.10. The molecule has 0 spiro atoms. The van der Waals surface area contributed by atoms with E-state index in [1.54, 1.807) is 0 Å². The van der Waals surface area contributed by atoms with Gasteiger partial charge in [0.1, 0.15) is 5.75 Å². The largest absolute Gasteiger partial charge is 0.493 e. The highest BCUT2D eigenvalue weighted by Gasteiger charge is 2.29. The topological polar surface area (TPSA) is 41.5 Å². The molecular weight excluding hydrogens is 306 g/mol. The van der Waals surface area contributed by atoms with Gasteiger partial charge in [-0.2, -0.15) is 0 Å². The van der Waals surface area contributed by atoms with E-state index in [2.05, 4.69) is 33.4 Å². The number of hydrogen-bond donors (Lipinski definition) is 2. The summed E-state index contributed by atoms with van der Waals surface area (Å²) in [7, 11) is 0. The van der Waals surface area contributed by atoms with Crippen molar-refractivity contribution in [1.82, 2.24) is 5.32 Å². The van der Waals surface area contributed by atoms with Crippen molar-refractivity contribution in [2.75, 3.05) is 13.2 Å². The lowest BCUT2D eigenvalue weighted by molar-refractivity contribution is 0.0591. The minimum Gasteiger partial charge on any atom is -0.493 e. The summed E-state index contributed by atoms with van der Waals surface area (Å²) in [4.78, 5) is 0. The minimum atomic E-state index is -0.733. The average Bonchev–Trinajstić information content (AvgIpc) is 3.04. The van der Waals surface area contributed by atoms with Gasteiger partial charge in [-0.15, -0.1) is 0 Å². The number of hydrogen-bond acceptors (Lipinski definition) is 3. The Morgan fingerprint density at radius 3 is 3.00 bits per heavy atom. The molecule has 1 fully saturated rings. The minimum absolute atomic E-state index is 0.620. The molecule has 19 heavy (non-hydrogen) atoms. The van der Waals surface area contributed by atoms with E-state index in [9.17, 15) is 5.11 Å². The Balaban J connectivity index is 1.74. The molecule has 104 valence electrons. The Kier molecular flexibility index (Phi) is 3.58. The third-order valence-corrected chi connectivity index (χ3v) is 4.20. The highest BCUT2D eigenvalue weighted by Crippen LogP contribution is 2.35. The summed E-state index contributed by atoms with van der Waals surface area (Å²) >= 11 is 3.54. The van der Waals surface area contributed by atoms with Crippen molar-refractivity contribution in [1.29, 1.82) is 0 Å². The number of rotatable bonds is 5. The second-order valence-corrected chi connectivity index (χ2v) is 6.90. The van der Waals surface area contributed by atoms with Gasteiger partial charge in [0.05, 0.1) is 12.2 Å². The smallest absolute Gasteiger partial charge is 0.125 e. The van der Waals surface area contributed by atoms with Gasteiger partial charge in [0.15, 0.2) is 0 Å². The van der Waals surface area contributed by atoms with Crippen molar-refractivity contribution in [2.45, 2.75) is 44.2 Å². The molecule has 1 atom stereocenters. The maximum absolute atomic E-state index is 10.5. The van der Waals surface area contributed by atoms with E-state index in [-0.39, 0.29) is 0 Å². The predicted molar refractivity (Wildman–Crippen MR) is 78.7 cm³/mol. The average molecular weight is 326 g/mol. The second-order valence-electron chi connectivity index (χ2n) is 5.98. The second kappa shape index (κ2) is 5.08. The maximum Gasteiger partial charge on any atom is 0.125 e. The summed E-state index contributed by atoms with van der Waals surface area (Å²) in [6.45, 7) is 3.28. The first-order valence-electron chi connectivity index (χ1n) is 6.93. The van der Waals surface area contributed by atoms with Crippen LogP contribution in [0.4, 0.5) is 0 Å². The molecular formula is C15H20BrNO2. The molecule has 0 aromatic heterocycles. The van der Waals surface area contributed by atoms with Gasteiger partial charge in [-0.3, -0.25) is 0 Å². The normalized spacial score (nSPS) is 20.8. The van der Waals surface area contributed by atoms with E-state index < -0.39 is 5.60 Å². The zero-order valence-electron chi connectivity index (χ0n) is 11.2. The van der Waals surface area contributed by atoms with Crippen LogP contribution in [0.25, 0.3) is 0 Å². The van der Waals surface area contributed by atoms with Crippen LogP contribution in [0.15, 0.2) is 16.6 Å². The zero-order chi connectivity index (χ0) is 13.5. The van der Waals surface area contributed by atoms with Crippen molar-refractivity contribution in [3.63, 3.8) is 0 Å². The molecule has 3 nitrogen and oxygen atoms in total. The maximum atomic E-state index is 10.5. The molecule has 2 N–H and O–H groups in total. The van der Waals surface area contributed by atoms with Gasteiger partial charge in [-0.1, -0.05) is 15.9 Å². The van der Waals surface area contributed by atoms with Crippen LogP contribution in [0.1, 0.15) is 30.9 Å². The van der Waals surface area contributed by atoms with Crippen LogP contribution in [0, 0.1) is 0 Å². The van der Waals surface area contributed by atoms with Crippen LogP contribution in [0.2, 0.25) is 0 Å². The molecule has 0 saturated heterocycles. The molecule has 1 aromatic rings. The van der Waals surface area contributed by atoms with Crippen molar-refractivity contribution in [3.8, 4) is 5.75 Å². The van der Waals surface area contributed by atoms with E-state index in [0.717, 1.165) is 28.8 Å². The first kappa shape index (κ1) is 13.4. The molecule has 0 bridgehead atoms. The fourth-order valence-electron chi connectivity index (χ4n) is 2.60. The van der Waals surface area contributed by atoms with E-state index in [1.807, 2.05) is 6.92 Å². The van der Waals surface area contributed by atoms with Crippen LogP contribution in [0.3, 0.4) is 0 Å². The Bertz CT molecular complexity index is 483. The summed E-state index contributed by atoms with van der Waals surface area (Å²) < 4.78 is 6.78. The van der Waals surface area contributed by atoms with Gasteiger partial charge in [0, 0.05) is 29.9 Å². The van der Waals surface area contributed by atoms with Gasteiger partial charge >= 0.3 is 0 Å². The number of nitrogens with one attached hydrogen (secondary N) is 1. The van der Waals surface area contributed by atoms with Crippen LogP contribution in [-0.2, 0) is 12.8 Å². The fraction of sp³-hybridized carbons (Fsp3) is 0.600. The first-order chi connectivity index (χ1) is 9.03. The van der Waals surface area contributed by atoms with Gasteiger partial charge in [-0.05, 0) is 43.0 Å². The molecule has 1 saturated carbocycles. The molecule has 0 amide bonds. The molecule has 0 radical (unpaired) electrons. The Hall–Kier alpha value is -0.580. The van der Waals surface area contributed by atoms with Crippen molar-refractivity contribution < 1.29 is 9.84 Å².